The van der Waals surface area contributed by atoms with Gasteiger partial charge in [-0.1, -0.05) is 6.08 Å². The van der Waals surface area contributed by atoms with Gasteiger partial charge in [0, 0.05) is 12.6 Å². The van der Waals surface area contributed by atoms with Gasteiger partial charge in [-0.2, -0.15) is 0 Å². The number of carbonyl (C=O) groups excluding carboxylic acids is 1. The SMILES string of the molecule is C=CC[C@@H]1CC[C@@H](C)N(C(=O)OC(C)(C)C)C1. The molecule has 1 rings (SSSR count). The molecule has 1 amide bonds. The van der Waals surface area contributed by atoms with Crippen LogP contribution in [0.4, 0.5) is 4.79 Å². The van der Waals surface area contributed by atoms with Gasteiger partial charge in [0.2, 0.25) is 0 Å². The zero-order valence-electron chi connectivity index (χ0n) is 11.5. The summed E-state index contributed by atoms with van der Waals surface area (Å²) in [6.07, 6.45) is 4.96. The summed E-state index contributed by atoms with van der Waals surface area (Å²) in [5.74, 6) is 0.538. The minimum absolute atomic E-state index is 0.182. The fourth-order valence-corrected chi connectivity index (χ4v) is 2.19. The van der Waals surface area contributed by atoms with Crippen molar-refractivity contribution in [1.82, 2.24) is 4.90 Å². The van der Waals surface area contributed by atoms with E-state index in [9.17, 15) is 4.79 Å². The second kappa shape index (κ2) is 5.56. The van der Waals surface area contributed by atoms with Gasteiger partial charge < -0.3 is 9.64 Å². The highest BCUT2D eigenvalue weighted by Gasteiger charge is 2.31. The van der Waals surface area contributed by atoms with E-state index in [1.807, 2.05) is 31.7 Å². The van der Waals surface area contributed by atoms with Crippen molar-refractivity contribution in [1.29, 1.82) is 0 Å². The smallest absolute Gasteiger partial charge is 0.410 e. The number of nitrogens with zero attached hydrogens (tertiary/aromatic N) is 1. The number of hydrogen-bond acceptors (Lipinski definition) is 2. The molecule has 3 nitrogen and oxygen atoms in total. The quantitative estimate of drug-likeness (QED) is 0.689. The average molecular weight is 239 g/mol. The Labute approximate surface area is 105 Å². The Morgan fingerprint density at radius 3 is 2.65 bits per heavy atom. The molecule has 0 saturated carbocycles. The summed E-state index contributed by atoms with van der Waals surface area (Å²) in [6.45, 7) is 12.4. The first-order valence-corrected chi connectivity index (χ1v) is 6.44. The molecule has 1 heterocycles. The zero-order chi connectivity index (χ0) is 13.1. The lowest BCUT2D eigenvalue weighted by Gasteiger charge is -2.38. The first-order valence-electron chi connectivity index (χ1n) is 6.44. The van der Waals surface area contributed by atoms with E-state index >= 15 is 0 Å². The van der Waals surface area contributed by atoms with Gasteiger partial charge in [-0.05, 0) is 52.9 Å². The lowest BCUT2D eigenvalue weighted by Crippen LogP contribution is -2.47. The molecule has 1 saturated heterocycles. The Balaban J connectivity index is 2.60. The van der Waals surface area contributed by atoms with E-state index in [1.165, 1.54) is 6.42 Å². The fraction of sp³-hybridized carbons (Fsp3) is 0.786. The van der Waals surface area contributed by atoms with Crippen LogP contribution < -0.4 is 0 Å². The van der Waals surface area contributed by atoms with Crippen molar-refractivity contribution in [2.75, 3.05) is 6.54 Å². The van der Waals surface area contributed by atoms with Gasteiger partial charge in [-0.25, -0.2) is 4.79 Å². The number of carbonyl (C=O) groups is 1. The predicted octanol–water partition coefficient (Wildman–Crippen LogP) is 3.60. The molecule has 3 heteroatoms. The third-order valence-corrected chi connectivity index (χ3v) is 3.11. The van der Waals surface area contributed by atoms with Crippen molar-refractivity contribution in [3.05, 3.63) is 12.7 Å². The second-order valence-electron chi connectivity index (χ2n) is 5.95. The summed E-state index contributed by atoms with van der Waals surface area (Å²) in [6, 6.07) is 0.283. The van der Waals surface area contributed by atoms with Crippen molar-refractivity contribution < 1.29 is 9.53 Å². The van der Waals surface area contributed by atoms with Gasteiger partial charge in [-0.3, -0.25) is 0 Å². The van der Waals surface area contributed by atoms with E-state index < -0.39 is 5.60 Å². The topological polar surface area (TPSA) is 29.5 Å². The molecule has 17 heavy (non-hydrogen) atoms. The molecule has 1 aliphatic heterocycles. The Hall–Kier alpha value is -0.990. The van der Waals surface area contributed by atoms with Crippen LogP contribution in [0.15, 0.2) is 12.7 Å². The van der Waals surface area contributed by atoms with Crippen molar-refractivity contribution in [2.45, 2.75) is 58.6 Å². The standard InChI is InChI=1S/C14H25NO2/c1-6-7-12-9-8-11(2)15(10-12)13(16)17-14(3,4)5/h6,11-12H,1,7-10H2,2-5H3/t11-,12-/m1/s1. The number of hydrogen-bond donors (Lipinski definition) is 0. The van der Waals surface area contributed by atoms with Crippen molar-refractivity contribution in [2.24, 2.45) is 5.92 Å². The Morgan fingerprint density at radius 2 is 2.12 bits per heavy atom. The van der Waals surface area contributed by atoms with Crippen LogP contribution in [0, 0.1) is 5.92 Å². The highest BCUT2D eigenvalue weighted by Crippen LogP contribution is 2.26. The first-order chi connectivity index (χ1) is 7.83. The molecular formula is C14H25NO2. The molecule has 98 valence electrons. The molecule has 0 N–H and O–H groups in total. The van der Waals surface area contributed by atoms with Crippen LogP contribution >= 0.6 is 0 Å². The molecular weight excluding hydrogens is 214 g/mol. The maximum atomic E-state index is 12.1. The minimum Gasteiger partial charge on any atom is -0.444 e. The van der Waals surface area contributed by atoms with E-state index in [4.69, 9.17) is 4.74 Å². The van der Waals surface area contributed by atoms with Crippen LogP contribution in [0.2, 0.25) is 0 Å². The van der Waals surface area contributed by atoms with Gasteiger partial charge in [-0.15, -0.1) is 6.58 Å². The molecule has 0 aromatic rings. The molecule has 0 radical (unpaired) electrons. The van der Waals surface area contributed by atoms with Crippen molar-refractivity contribution in [3.63, 3.8) is 0 Å². The monoisotopic (exact) mass is 239 g/mol. The lowest BCUT2D eigenvalue weighted by molar-refractivity contribution is 0.00559. The molecule has 0 unspecified atom stereocenters. The van der Waals surface area contributed by atoms with Gasteiger partial charge in [0.25, 0.3) is 0 Å². The molecule has 0 aliphatic carbocycles. The van der Waals surface area contributed by atoms with Crippen LogP contribution in [0.5, 0.6) is 0 Å². The molecule has 0 bridgehead atoms. The normalized spacial score (nSPS) is 25.5. The van der Waals surface area contributed by atoms with Crippen LogP contribution in [-0.4, -0.2) is 29.2 Å². The summed E-state index contributed by atoms with van der Waals surface area (Å²) in [4.78, 5) is 13.9. The Kier molecular flexibility index (Phi) is 4.61. The van der Waals surface area contributed by atoms with Crippen molar-refractivity contribution >= 4 is 6.09 Å². The second-order valence-corrected chi connectivity index (χ2v) is 5.95. The summed E-state index contributed by atoms with van der Waals surface area (Å²) in [5, 5.41) is 0. The van der Waals surface area contributed by atoms with Gasteiger partial charge >= 0.3 is 6.09 Å². The summed E-state index contributed by atoms with van der Waals surface area (Å²) < 4.78 is 5.44. The summed E-state index contributed by atoms with van der Waals surface area (Å²) >= 11 is 0. The maximum Gasteiger partial charge on any atom is 0.410 e. The van der Waals surface area contributed by atoms with Crippen LogP contribution in [0.1, 0.15) is 47.0 Å². The first kappa shape index (κ1) is 14.1. The van der Waals surface area contributed by atoms with E-state index in [-0.39, 0.29) is 12.1 Å². The maximum absolute atomic E-state index is 12.1. The summed E-state index contributed by atoms with van der Waals surface area (Å²) in [7, 11) is 0. The zero-order valence-corrected chi connectivity index (χ0v) is 11.5. The number of ether oxygens (including phenoxy) is 1. The van der Waals surface area contributed by atoms with E-state index in [0.29, 0.717) is 5.92 Å². The lowest BCUT2D eigenvalue weighted by atomic mass is 9.91. The van der Waals surface area contributed by atoms with Gasteiger partial charge in [0.1, 0.15) is 5.60 Å². The van der Waals surface area contributed by atoms with E-state index in [0.717, 1.165) is 19.4 Å². The highest BCUT2D eigenvalue weighted by molar-refractivity contribution is 5.68. The van der Waals surface area contributed by atoms with Crippen LogP contribution in [0.3, 0.4) is 0 Å². The number of allylic oxidation sites excluding steroid dienone is 1. The minimum atomic E-state index is -0.414. The number of rotatable bonds is 2. The molecule has 0 spiro atoms. The summed E-state index contributed by atoms with van der Waals surface area (Å²) in [5.41, 5.74) is -0.414. The Morgan fingerprint density at radius 1 is 1.47 bits per heavy atom. The van der Waals surface area contributed by atoms with E-state index in [1.54, 1.807) is 0 Å². The largest absolute Gasteiger partial charge is 0.444 e. The fourth-order valence-electron chi connectivity index (χ4n) is 2.19. The molecule has 0 aromatic carbocycles. The van der Waals surface area contributed by atoms with Gasteiger partial charge in [0.05, 0.1) is 0 Å². The third-order valence-electron chi connectivity index (χ3n) is 3.11. The third kappa shape index (κ3) is 4.41. The highest BCUT2D eigenvalue weighted by atomic mass is 16.6. The van der Waals surface area contributed by atoms with E-state index in [2.05, 4.69) is 13.5 Å². The average Bonchev–Trinajstić information content (AvgIpc) is 2.18. The predicted molar refractivity (Wildman–Crippen MR) is 69.9 cm³/mol. The van der Waals surface area contributed by atoms with Gasteiger partial charge in [0.15, 0.2) is 0 Å². The van der Waals surface area contributed by atoms with Crippen LogP contribution in [0.25, 0.3) is 0 Å². The van der Waals surface area contributed by atoms with Crippen molar-refractivity contribution in [3.8, 4) is 0 Å². The molecule has 1 fully saturated rings. The number of amides is 1. The molecule has 2 atom stereocenters. The molecule has 1 aliphatic rings. The molecule has 0 aromatic heterocycles. The number of piperidine rings is 1. The van der Waals surface area contributed by atoms with Crippen LogP contribution in [-0.2, 0) is 4.74 Å². The number of likely N-dealkylation sites (tertiary alicyclic amines) is 1. The Bertz CT molecular complexity index is 280.